The molecule has 1 aliphatic heterocycles. The first kappa shape index (κ1) is 29.6. The molecule has 1 unspecified atom stereocenters. The lowest BCUT2D eigenvalue weighted by molar-refractivity contribution is -0.136. The van der Waals surface area contributed by atoms with Crippen molar-refractivity contribution in [1.82, 2.24) is 20.9 Å². The Bertz CT molecular complexity index is 1420. The van der Waals surface area contributed by atoms with Crippen molar-refractivity contribution < 1.29 is 32.3 Å². The number of amides is 4. The summed E-state index contributed by atoms with van der Waals surface area (Å²) in [6.45, 7) is 1.85. The molecule has 3 N–H and O–H groups in total. The SMILES string of the molecule is COC(=O)C1=C(C)NC(=O)N(C(=O)NCCNC2CCC(C#N)(c3ccccc3F)CC2)C1c1ccc(F)c(F)c1. The monoisotopic (exact) mass is 569 g/mol. The van der Waals surface area contributed by atoms with Crippen LogP contribution in [-0.4, -0.2) is 49.2 Å². The maximum Gasteiger partial charge on any atom is 0.337 e. The minimum Gasteiger partial charge on any atom is -0.466 e. The second-order valence-corrected chi connectivity index (χ2v) is 10.0. The normalized spacial score (nSPS) is 22.5. The topological polar surface area (TPSA) is 124 Å². The Labute approximate surface area is 235 Å². The molecule has 1 atom stereocenters. The summed E-state index contributed by atoms with van der Waals surface area (Å²) in [4.78, 5) is 39.4. The van der Waals surface area contributed by atoms with Crippen LogP contribution in [0.25, 0.3) is 0 Å². The zero-order valence-corrected chi connectivity index (χ0v) is 22.6. The van der Waals surface area contributed by atoms with E-state index in [0.29, 0.717) is 37.8 Å². The van der Waals surface area contributed by atoms with Crippen molar-refractivity contribution >= 4 is 18.0 Å². The highest BCUT2D eigenvalue weighted by molar-refractivity contribution is 6.01. The minimum atomic E-state index is -1.37. The van der Waals surface area contributed by atoms with Gasteiger partial charge in [0.1, 0.15) is 11.9 Å². The summed E-state index contributed by atoms with van der Waals surface area (Å²) in [5.74, 6) is -3.58. The molecule has 0 radical (unpaired) electrons. The molecule has 1 saturated carbocycles. The van der Waals surface area contributed by atoms with Gasteiger partial charge in [0.15, 0.2) is 11.6 Å². The van der Waals surface area contributed by atoms with Crippen molar-refractivity contribution in [3.63, 3.8) is 0 Å². The first-order chi connectivity index (χ1) is 19.6. The molecule has 41 heavy (non-hydrogen) atoms. The number of carbonyl (C=O) groups is 3. The van der Waals surface area contributed by atoms with E-state index in [1.807, 2.05) is 0 Å². The lowest BCUT2D eigenvalue weighted by atomic mass is 9.69. The fraction of sp³-hybridized carbons (Fsp3) is 0.379. The van der Waals surface area contributed by atoms with Crippen molar-refractivity contribution in [2.24, 2.45) is 0 Å². The number of esters is 1. The molecule has 4 amide bonds. The third kappa shape index (κ3) is 6.05. The summed E-state index contributed by atoms with van der Waals surface area (Å²) in [6.07, 6.45) is 2.19. The van der Waals surface area contributed by atoms with Gasteiger partial charge in [-0.3, -0.25) is 0 Å². The van der Waals surface area contributed by atoms with Gasteiger partial charge in [0.25, 0.3) is 0 Å². The summed E-state index contributed by atoms with van der Waals surface area (Å²) in [5, 5.41) is 18.2. The van der Waals surface area contributed by atoms with Crippen LogP contribution in [0, 0.1) is 28.8 Å². The molecule has 0 bridgehead atoms. The fourth-order valence-corrected chi connectivity index (χ4v) is 5.46. The van der Waals surface area contributed by atoms with E-state index in [-0.39, 0.29) is 29.4 Å². The fourth-order valence-electron chi connectivity index (χ4n) is 5.46. The first-order valence-corrected chi connectivity index (χ1v) is 13.1. The number of ether oxygens (including phenoxy) is 1. The second kappa shape index (κ2) is 12.4. The van der Waals surface area contributed by atoms with Crippen molar-refractivity contribution in [2.45, 2.75) is 50.1 Å². The smallest absolute Gasteiger partial charge is 0.337 e. The maximum absolute atomic E-state index is 14.4. The van der Waals surface area contributed by atoms with Crippen molar-refractivity contribution in [3.8, 4) is 6.07 Å². The van der Waals surface area contributed by atoms with Crippen LogP contribution in [-0.2, 0) is 14.9 Å². The first-order valence-electron chi connectivity index (χ1n) is 13.1. The molecule has 9 nitrogen and oxygen atoms in total. The number of halogens is 3. The Morgan fingerprint density at radius 3 is 2.44 bits per heavy atom. The Balaban J connectivity index is 1.40. The predicted molar refractivity (Wildman–Crippen MR) is 142 cm³/mol. The van der Waals surface area contributed by atoms with Gasteiger partial charge >= 0.3 is 18.0 Å². The van der Waals surface area contributed by atoms with Crippen LogP contribution in [0.5, 0.6) is 0 Å². The molecule has 4 rings (SSSR count). The third-order valence-corrected chi connectivity index (χ3v) is 7.61. The average molecular weight is 570 g/mol. The molecular weight excluding hydrogens is 539 g/mol. The van der Waals surface area contributed by atoms with Crippen molar-refractivity contribution in [1.29, 1.82) is 5.26 Å². The molecule has 0 spiro atoms. The third-order valence-electron chi connectivity index (χ3n) is 7.61. The zero-order chi connectivity index (χ0) is 29.7. The molecule has 12 heteroatoms. The molecule has 1 aliphatic carbocycles. The summed E-state index contributed by atoms with van der Waals surface area (Å²) in [5.41, 5.74) is -0.478. The van der Waals surface area contributed by atoms with Crippen LogP contribution in [0.4, 0.5) is 22.8 Å². The summed E-state index contributed by atoms with van der Waals surface area (Å²) < 4.78 is 47.0. The standard InChI is InChI=1S/C29H30F3N5O4/c1-17-24(26(38)41-2)25(18-7-8-22(31)23(32)15-18)37(28(40)36-17)27(39)35-14-13-34-19-9-11-29(16-33,12-10-19)20-5-3-4-6-21(20)30/h3-8,15,19,25,34H,9-14H2,1-2H3,(H,35,39)(H,36,40). The minimum absolute atomic E-state index is 0.00445. The van der Waals surface area contributed by atoms with Gasteiger partial charge in [-0.15, -0.1) is 0 Å². The van der Waals surface area contributed by atoms with Crippen LogP contribution in [0.15, 0.2) is 53.7 Å². The highest BCUT2D eigenvalue weighted by Gasteiger charge is 2.42. The molecule has 2 aromatic rings. The largest absolute Gasteiger partial charge is 0.466 e. The zero-order valence-electron chi connectivity index (χ0n) is 22.6. The second-order valence-electron chi connectivity index (χ2n) is 10.0. The van der Waals surface area contributed by atoms with Crippen LogP contribution in [0.3, 0.4) is 0 Å². The Kier molecular flexibility index (Phi) is 8.98. The summed E-state index contributed by atoms with van der Waals surface area (Å²) in [6, 6.07) is 8.42. The lowest BCUT2D eigenvalue weighted by Gasteiger charge is -2.36. The highest BCUT2D eigenvalue weighted by Crippen LogP contribution is 2.40. The quantitative estimate of drug-likeness (QED) is 0.337. The number of nitrogens with zero attached hydrogens (tertiary/aromatic N) is 2. The number of benzene rings is 2. The number of methoxy groups -OCH3 is 1. The number of hydrogen-bond donors (Lipinski definition) is 3. The van der Waals surface area contributed by atoms with E-state index in [1.165, 1.54) is 19.1 Å². The molecule has 216 valence electrons. The Morgan fingerprint density at radius 1 is 1.10 bits per heavy atom. The number of rotatable bonds is 7. The Hall–Kier alpha value is -4.37. The molecule has 2 aromatic carbocycles. The predicted octanol–water partition coefficient (Wildman–Crippen LogP) is 4.32. The molecule has 0 saturated heterocycles. The van der Waals surface area contributed by atoms with Gasteiger partial charge in [-0.25, -0.2) is 32.5 Å². The molecular formula is C29H30F3N5O4. The van der Waals surface area contributed by atoms with Gasteiger partial charge in [0.2, 0.25) is 0 Å². The van der Waals surface area contributed by atoms with Crippen LogP contribution in [0.2, 0.25) is 0 Å². The van der Waals surface area contributed by atoms with Gasteiger partial charge in [-0.1, -0.05) is 24.3 Å². The van der Waals surface area contributed by atoms with Crippen LogP contribution < -0.4 is 16.0 Å². The van der Waals surface area contributed by atoms with E-state index in [2.05, 4.69) is 22.0 Å². The number of carbonyl (C=O) groups excluding carboxylic acids is 3. The van der Waals surface area contributed by atoms with Crippen LogP contribution in [0.1, 0.15) is 49.8 Å². The molecule has 1 fully saturated rings. The number of hydrogen-bond acceptors (Lipinski definition) is 6. The van der Waals surface area contributed by atoms with Crippen LogP contribution >= 0.6 is 0 Å². The number of nitriles is 1. The summed E-state index contributed by atoms with van der Waals surface area (Å²) in [7, 11) is 1.12. The van der Waals surface area contributed by atoms with E-state index in [1.54, 1.807) is 18.2 Å². The van der Waals surface area contributed by atoms with Gasteiger partial charge in [0.05, 0.1) is 24.2 Å². The maximum atomic E-state index is 14.4. The van der Waals surface area contributed by atoms with Crippen molar-refractivity contribution in [3.05, 3.63) is 82.3 Å². The van der Waals surface area contributed by atoms with Crippen molar-refractivity contribution in [2.75, 3.05) is 20.2 Å². The number of nitrogens with one attached hydrogen (secondary N) is 3. The highest BCUT2D eigenvalue weighted by atomic mass is 19.2. The number of allylic oxidation sites excluding steroid dienone is 1. The Morgan fingerprint density at radius 2 is 1.80 bits per heavy atom. The molecule has 1 heterocycles. The van der Waals surface area contributed by atoms with E-state index >= 15 is 0 Å². The van der Waals surface area contributed by atoms with Gasteiger partial charge in [-0.2, -0.15) is 5.26 Å². The number of urea groups is 2. The summed E-state index contributed by atoms with van der Waals surface area (Å²) >= 11 is 0. The van der Waals surface area contributed by atoms with E-state index in [9.17, 15) is 32.8 Å². The lowest BCUT2D eigenvalue weighted by Crippen LogP contribution is -2.55. The van der Waals surface area contributed by atoms with E-state index in [4.69, 9.17) is 4.74 Å². The van der Waals surface area contributed by atoms with Gasteiger partial charge < -0.3 is 20.7 Å². The molecule has 2 aliphatic rings. The van der Waals surface area contributed by atoms with E-state index in [0.717, 1.165) is 24.1 Å². The average Bonchev–Trinajstić information content (AvgIpc) is 2.96. The molecule has 0 aromatic heterocycles. The van der Waals surface area contributed by atoms with Gasteiger partial charge in [-0.05, 0) is 56.4 Å². The van der Waals surface area contributed by atoms with Gasteiger partial charge in [0, 0.05) is 30.4 Å². The van der Waals surface area contributed by atoms with E-state index < -0.39 is 46.9 Å². The number of imide groups is 1.